The molecule has 2 nitrogen and oxygen atoms in total. The van der Waals surface area contributed by atoms with Gasteiger partial charge in [-0.2, -0.15) is 0 Å². The molecule has 1 unspecified atom stereocenters. The van der Waals surface area contributed by atoms with Gasteiger partial charge in [0.15, 0.2) is 0 Å². The van der Waals surface area contributed by atoms with E-state index in [9.17, 15) is 4.79 Å². The summed E-state index contributed by atoms with van der Waals surface area (Å²) in [5.41, 5.74) is 3.13. The SMILES string of the molecule is CCC(C)CC1CCC(c2ccc(C(=O)Oc3ccc(C)cc3)cc2)CC1. The smallest absolute Gasteiger partial charge is 0.343 e. The minimum absolute atomic E-state index is 0.289. The summed E-state index contributed by atoms with van der Waals surface area (Å²) in [4.78, 5) is 12.3. The molecule has 0 heterocycles. The van der Waals surface area contributed by atoms with Crippen molar-refractivity contribution in [1.82, 2.24) is 0 Å². The Morgan fingerprint density at radius 3 is 2.22 bits per heavy atom. The predicted molar refractivity (Wildman–Crippen MR) is 111 cm³/mol. The molecule has 0 aliphatic heterocycles. The lowest BCUT2D eigenvalue weighted by Gasteiger charge is -2.30. The van der Waals surface area contributed by atoms with Gasteiger partial charge in [0.2, 0.25) is 0 Å². The average Bonchev–Trinajstić information content (AvgIpc) is 2.70. The summed E-state index contributed by atoms with van der Waals surface area (Å²) in [5.74, 6) is 2.70. The second-order valence-corrected chi connectivity index (χ2v) is 8.29. The molecule has 1 saturated carbocycles. The summed E-state index contributed by atoms with van der Waals surface area (Å²) >= 11 is 0. The highest BCUT2D eigenvalue weighted by atomic mass is 16.5. The van der Waals surface area contributed by atoms with Crippen LogP contribution in [0, 0.1) is 18.8 Å². The molecule has 0 N–H and O–H groups in total. The molecule has 3 rings (SSSR count). The van der Waals surface area contributed by atoms with E-state index in [1.807, 2.05) is 43.3 Å². The maximum absolute atomic E-state index is 12.3. The molecule has 0 amide bonds. The quantitative estimate of drug-likeness (QED) is 0.410. The third-order valence-electron chi connectivity index (χ3n) is 6.13. The molecular weight excluding hydrogens is 332 g/mol. The van der Waals surface area contributed by atoms with E-state index in [4.69, 9.17) is 4.74 Å². The molecule has 0 radical (unpaired) electrons. The molecule has 27 heavy (non-hydrogen) atoms. The van der Waals surface area contributed by atoms with Crippen molar-refractivity contribution in [1.29, 1.82) is 0 Å². The van der Waals surface area contributed by atoms with Gasteiger partial charge < -0.3 is 4.74 Å². The van der Waals surface area contributed by atoms with Gasteiger partial charge >= 0.3 is 5.97 Å². The van der Waals surface area contributed by atoms with Crippen LogP contribution in [0.1, 0.15) is 79.8 Å². The molecule has 2 heteroatoms. The molecule has 1 aliphatic rings. The normalized spacial score (nSPS) is 20.9. The van der Waals surface area contributed by atoms with Crippen LogP contribution in [0.5, 0.6) is 5.75 Å². The van der Waals surface area contributed by atoms with Gasteiger partial charge in [-0.05, 0) is 86.6 Å². The predicted octanol–water partition coefficient (Wildman–Crippen LogP) is 6.92. The maximum Gasteiger partial charge on any atom is 0.343 e. The van der Waals surface area contributed by atoms with Gasteiger partial charge in [0.1, 0.15) is 5.75 Å². The lowest BCUT2D eigenvalue weighted by molar-refractivity contribution is 0.0734. The van der Waals surface area contributed by atoms with Crippen LogP contribution in [0.2, 0.25) is 0 Å². The van der Waals surface area contributed by atoms with Crippen molar-refractivity contribution >= 4 is 5.97 Å². The van der Waals surface area contributed by atoms with E-state index in [0.29, 0.717) is 17.2 Å². The lowest BCUT2D eigenvalue weighted by Crippen LogP contribution is -2.16. The van der Waals surface area contributed by atoms with Gasteiger partial charge in [-0.15, -0.1) is 0 Å². The van der Waals surface area contributed by atoms with E-state index in [1.54, 1.807) is 0 Å². The lowest BCUT2D eigenvalue weighted by atomic mass is 9.75. The number of carbonyl (C=O) groups is 1. The van der Waals surface area contributed by atoms with E-state index < -0.39 is 0 Å². The summed E-state index contributed by atoms with van der Waals surface area (Å²) in [6.45, 7) is 6.68. The van der Waals surface area contributed by atoms with Crippen molar-refractivity contribution in [3.8, 4) is 5.75 Å². The minimum Gasteiger partial charge on any atom is -0.423 e. The topological polar surface area (TPSA) is 26.3 Å². The molecule has 2 aromatic carbocycles. The fourth-order valence-electron chi connectivity index (χ4n) is 4.13. The van der Waals surface area contributed by atoms with E-state index in [0.717, 1.165) is 17.4 Å². The third-order valence-corrected chi connectivity index (χ3v) is 6.13. The van der Waals surface area contributed by atoms with Crippen LogP contribution in [0.4, 0.5) is 0 Å². The monoisotopic (exact) mass is 364 g/mol. The molecule has 2 aromatic rings. The first kappa shape index (κ1) is 19.7. The molecule has 0 aromatic heterocycles. The number of aryl methyl sites for hydroxylation is 1. The molecule has 1 atom stereocenters. The number of esters is 1. The minimum atomic E-state index is -0.289. The Labute approximate surface area is 164 Å². The van der Waals surface area contributed by atoms with E-state index in [1.165, 1.54) is 44.1 Å². The van der Waals surface area contributed by atoms with Gasteiger partial charge in [-0.1, -0.05) is 50.1 Å². The Bertz CT molecular complexity index is 722. The number of hydrogen-bond donors (Lipinski definition) is 0. The van der Waals surface area contributed by atoms with E-state index in [2.05, 4.69) is 26.0 Å². The Kier molecular flexibility index (Phi) is 6.71. The Morgan fingerprint density at radius 2 is 1.63 bits per heavy atom. The second kappa shape index (κ2) is 9.21. The van der Waals surface area contributed by atoms with Crippen LogP contribution >= 0.6 is 0 Å². The Balaban J connectivity index is 1.54. The van der Waals surface area contributed by atoms with Crippen molar-refractivity contribution in [2.45, 2.75) is 65.2 Å². The molecular formula is C25H32O2. The van der Waals surface area contributed by atoms with Gasteiger partial charge in [-0.25, -0.2) is 4.79 Å². The number of benzene rings is 2. The summed E-state index contributed by atoms with van der Waals surface area (Å²) in [5, 5.41) is 0. The highest BCUT2D eigenvalue weighted by Crippen LogP contribution is 2.38. The number of carbonyl (C=O) groups excluding carboxylic acids is 1. The second-order valence-electron chi connectivity index (χ2n) is 8.29. The van der Waals surface area contributed by atoms with Crippen LogP contribution in [0.25, 0.3) is 0 Å². The van der Waals surface area contributed by atoms with Crippen LogP contribution < -0.4 is 4.74 Å². The number of ether oxygens (including phenoxy) is 1. The van der Waals surface area contributed by atoms with Crippen LogP contribution in [-0.2, 0) is 0 Å². The first-order chi connectivity index (χ1) is 13.0. The van der Waals surface area contributed by atoms with Crippen molar-refractivity contribution in [2.75, 3.05) is 0 Å². The molecule has 1 aliphatic carbocycles. The molecule has 1 fully saturated rings. The van der Waals surface area contributed by atoms with Crippen LogP contribution in [-0.4, -0.2) is 5.97 Å². The Morgan fingerprint density at radius 1 is 1.00 bits per heavy atom. The van der Waals surface area contributed by atoms with Gasteiger partial charge in [-0.3, -0.25) is 0 Å². The first-order valence-electron chi connectivity index (χ1n) is 10.4. The zero-order valence-corrected chi connectivity index (χ0v) is 16.9. The van der Waals surface area contributed by atoms with Crippen molar-refractivity contribution in [2.24, 2.45) is 11.8 Å². The molecule has 0 bridgehead atoms. The third kappa shape index (κ3) is 5.45. The van der Waals surface area contributed by atoms with Crippen LogP contribution in [0.15, 0.2) is 48.5 Å². The zero-order valence-electron chi connectivity index (χ0n) is 16.9. The zero-order chi connectivity index (χ0) is 19.2. The van der Waals surface area contributed by atoms with E-state index in [-0.39, 0.29) is 5.97 Å². The van der Waals surface area contributed by atoms with Crippen molar-refractivity contribution in [3.05, 3.63) is 65.2 Å². The maximum atomic E-state index is 12.3. The first-order valence-corrected chi connectivity index (χ1v) is 10.4. The van der Waals surface area contributed by atoms with Crippen LogP contribution in [0.3, 0.4) is 0 Å². The fourth-order valence-corrected chi connectivity index (χ4v) is 4.13. The largest absolute Gasteiger partial charge is 0.423 e. The number of hydrogen-bond acceptors (Lipinski definition) is 2. The highest BCUT2D eigenvalue weighted by molar-refractivity contribution is 5.91. The number of rotatable bonds is 6. The summed E-state index contributed by atoms with van der Waals surface area (Å²) in [7, 11) is 0. The summed E-state index contributed by atoms with van der Waals surface area (Å²) in [6.07, 6.45) is 7.90. The highest BCUT2D eigenvalue weighted by Gasteiger charge is 2.23. The summed E-state index contributed by atoms with van der Waals surface area (Å²) < 4.78 is 5.46. The molecule has 0 spiro atoms. The van der Waals surface area contributed by atoms with Gasteiger partial charge in [0.25, 0.3) is 0 Å². The fraction of sp³-hybridized carbons (Fsp3) is 0.480. The van der Waals surface area contributed by atoms with Gasteiger partial charge in [0.05, 0.1) is 5.56 Å². The standard InChI is InChI=1S/C25H32O2/c1-4-18(2)17-20-7-9-21(10-8-20)22-11-13-23(14-12-22)25(26)27-24-15-5-19(3)6-16-24/h5-6,11-16,18,20-21H,4,7-10,17H2,1-3H3. The molecule has 0 saturated heterocycles. The van der Waals surface area contributed by atoms with E-state index >= 15 is 0 Å². The van der Waals surface area contributed by atoms with Gasteiger partial charge in [0, 0.05) is 0 Å². The molecule has 144 valence electrons. The van der Waals surface area contributed by atoms with Crippen molar-refractivity contribution in [3.63, 3.8) is 0 Å². The van der Waals surface area contributed by atoms with Crippen molar-refractivity contribution < 1.29 is 9.53 Å². The summed E-state index contributed by atoms with van der Waals surface area (Å²) in [6, 6.07) is 15.6. The Hall–Kier alpha value is -2.09. The average molecular weight is 365 g/mol.